The minimum absolute atomic E-state index is 0.0804. The van der Waals surface area contributed by atoms with Gasteiger partial charge in [0, 0.05) is 44.3 Å². The molecule has 29 heavy (non-hydrogen) atoms. The molecule has 0 aliphatic carbocycles. The summed E-state index contributed by atoms with van der Waals surface area (Å²) >= 11 is 11.9. The molecule has 1 fully saturated rings. The van der Waals surface area contributed by atoms with E-state index in [-0.39, 0.29) is 12.5 Å². The van der Waals surface area contributed by atoms with Crippen LogP contribution >= 0.6 is 23.2 Å². The summed E-state index contributed by atoms with van der Waals surface area (Å²) in [6.07, 6.45) is 0. The Labute approximate surface area is 181 Å². The lowest BCUT2D eigenvalue weighted by atomic mass is 10.2. The SMILES string of the molecule is COc1ccccc1N1CCN(CCNC(=O)COc2ccc(Cl)cc2Cl)CC1. The first-order valence-electron chi connectivity index (χ1n) is 9.51. The molecule has 0 saturated carbocycles. The van der Waals surface area contributed by atoms with E-state index in [1.54, 1.807) is 25.3 Å². The lowest BCUT2D eigenvalue weighted by molar-refractivity contribution is -0.123. The lowest BCUT2D eigenvalue weighted by Gasteiger charge is -2.36. The third-order valence-electron chi connectivity index (χ3n) is 4.80. The van der Waals surface area contributed by atoms with Gasteiger partial charge in [-0.1, -0.05) is 35.3 Å². The second-order valence-electron chi connectivity index (χ2n) is 6.71. The Morgan fingerprint density at radius 2 is 1.83 bits per heavy atom. The van der Waals surface area contributed by atoms with E-state index < -0.39 is 0 Å². The van der Waals surface area contributed by atoms with Gasteiger partial charge in [0.2, 0.25) is 0 Å². The highest BCUT2D eigenvalue weighted by Gasteiger charge is 2.19. The topological polar surface area (TPSA) is 54.0 Å². The van der Waals surface area contributed by atoms with E-state index in [1.165, 1.54) is 0 Å². The molecule has 2 aromatic carbocycles. The number of ether oxygens (including phenoxy) is 2. The van der Waals surface area contributed by atoms with Crippen LogP contribution < -0.4 is 19.7 Å². The molecular weight excluding hydrogens is 413 g/mol. The lowest BCUT2D eigenvalue weighted by Crippen LogP contribution is -2.48. The van der Waals surface area contributed by atoms with Crippen LogP contribution in [0.3, 0.4) is 0 Å². The van der Waals surface area contributed by atoms with Crippen LogP contribution in [0.4, 0.5) is 5.69 Å². The Balaban J connectivity index is 1.35. The Morgan fingerprint density at radius 1 is 1.07 bits per heavy atom. The van der Waals surface area contributed by atoms with Gasteiger partial charge in [-0.3, -0.25) is 9.69 Å². The standard InChI is InChI=1S/C21H25Cl2N3O3/c1-28-20-5-3-2-4-18(20)26-12-10-25(11-13-26)9-8-24-21(27)15-29-19-7-6-16(22)14-17(19)23/h2-7,14H,8-13,15H2,1H3,(H,24,27). The van der Waals surface area contributed by atoms with Gasteiger partial charge in [0.05, 0.1) is 17.8 Å². The highest BCUT2D eigenvalue weighted by molar-refractivity contribution is 6.35. The largest absolute Gasteiger partial charge is 0.495 e. The first-order valence-corrected chi connectivity index (χ1v) is 10.3. The van der Waals surface area contributed by atoms with E-state index in [0.717, 1.165) is 44.2 Å². The summed E-state index contributed by atoms with van der Waals surface area (Å²) in [6, 6.07) is 13.0. The van der Waals surface area contributed by atoms with Crippen LogP contribution in [0.1, 0.15) is 0 Å². The Kier molecular flexibility index (Phi) is 7.86. The summed E-state index contributed by atoms with van der Waals surface area (Å²) in [6.45, 7) is 5.01. The maximum atomic E-state index is 12.0. The highest BCUT2D eigenvalue weighted by Crippen LogP contribution is 2.28. The number of benzene rings is 2. The van der Waals surface area contributed by atoms with Crippen LogP contribution in [-0.2, 0) is 4.79 Å². The first kappa shape index (κ1) is 21.6. The summed E-state index contributed by atoms with van der Waals surface area (Å²) in [4.78, 5) is 16.7. The summed E-state index contributed by atoms with van der Waals surface area (Å²) in [7, 11) is 1.70. The van der Waals surface area contributed by atoms with Gasteiger partial charge >= 0.3 is 0 Å². The molecule has 0 unspecified atom stereocenters. The van der Waals surface area contributed by atoms with E-state index in [9.17, 15) is 4.79 Å². The monoisotopic (exact) mass is 437 g/mol. The second kappa shape index (κ2) is 10.6. The average molecular weight is 438 g/mol. The van der Waals surface area contributed by atoms with Crippen LogP contribution in [0.5, 0.6) is 11.5 Å². The number of piperazine rings is 1. The number of hydrogen-bond donors (Lipinski definition) is 1. The number of methoxy groups -OCH3 is 1. The van der Waals surface area contributed by atoms with Crippen molar-refractivity contribution in [3.8, 4) is 11.5 Å². The van der Waals surface area contributed by atoms with Crippen molar-refractivity contribution in [3.05, 3.63) is 52.5 Å². The molecule has 1 N–H and O–H groups in total. The molecule has 1 amide bonds. The molecule has 156 valence electrons. The number of nitrogens with zero attached hydrogens (tertiary/aromatic N) is 2. The molecular formula is C21H25Cl2N3O3. The summed E-state index contributed by atoms with van der Waals surface area (Å²) in [5.74, 6) is 1.16. The summed E-state index contributed by atoms with van der Waals surface area (Å²) in [5.41, 5.74) is 1.13. The molecule has 2 aromatic rings. The van der Waals surface area contributed by atoms with Gasteiger partial charge in [-0.05, 0) is 30.3 Å². The van der Waals surface area contributed by atoms with Gasteiger partial charge in [-0.25, -0.2) is 0 Å². The summed E-state index contributed by atoms with van der Waals surface area (Å²) < 4.78 is 10.9. The van der Waals surface area contributed by atoms with Gasteiger partial charge < -0.3 is 19.7 Å². The van der Waals surface area contributed by atoms with Gasteiger partial charge in [0.25, 0.3) is 5.91 Å². The van der Waals surface area contributed by atoms with E-state index in [0.29, 0.717) is 22.3 Å². The second-order valence-corrected chi connectivity index (χ2v) is 7.56. The van der Waals surface area contributed by atoms with Crippen molar-refractivity contribution >= 4 is 34.8 Å². The minimum Gasteiger partial charge on any atom is -0.495 e. The molecule has 1 heterocycles. The van der Waals surface area contributed by atoms with Crippen LogP contribution in [0.15, 0.2) is 42.5 Å². The number of hydrogen-bond acceptors (Lipinski definition) is 5. The molecule has 1 aliphatic heterocycles. The van der Waals surface area contributed by atoms with E-state index in [2.05, 4.69) is 21.2 Å². The molecule has 1 aliphatic rings. The number of halogens is 2. The van der Waals surface area contributed by atoms with Crippen molar-refractivity contribution in [2.75, 3.05) is 57.9 Å². The van der Waals surface area contributed by atoms with Crippen LogP contribution in [0.2, 0.25) is 10.0 Å². The smallest absolute Gasteiger partial charge is 0.257 e. The fourth-order valence-corrected chi connectivity index (χ4v) is 3.71. The van der Waals surface area contributed by atoms with Crippen molar-refractivity contribution in [1.29, 1.82) is 0 Å². The van der Waals surface area contributed by atoms with Crippen molar-refractivity contribution in [2.24, 2.45) is 0 Å². The van der Waals surface area contributed by atoms with Gasteiger partial charge in [0.1, 0.15) is 11.5 Å². The molecule has 0 spiro atoms. The number of nitrogens with one attached hydrogen (secondary N) is 1. The molecule has 0 atom stereocenters. The highest BCUT2D eigenvalue weighted by atomic mass is 35.5. The summed E-state index contributed by atoms with van der Waals surface area (Å²) in [5, 5.41) is 3.80. The fourth-order valence-electron chi connectivity index (χ4n) is 3.24. The first-order chi connectivity index (χ1) is 14.1. The van der Waals surface area contributed by atoms with Crippen molar-refractivity contribution in [2.45, 2.75) is 0 Å². The molecule has 0 aromatic heterocycles. The third-order valence-corrected chi connectivity index (χ3v) is 5.33. The zero-order chi connectivity index (χ0) is 20.6. The van der Waals surface area contributed by atoms with Crippen LogP contribution in [0.25, 0.3) is 0 Å². The molecule has 0 radical (unpaired) electrons. The Hall–Kier alpha value is -2.15. The molecule has 3 rings (SSSR count). The quantitative estimate of drug-likeness (QED) is 0.686. The number of carbonyl (C=O) groups is 1. The van der Waals surface area contributed by atoms with E-state index >= 15 is 0 Å². The molecule has 0 bridgehead atoms. The maximum Gasteiger partial charge on any atom is 0.257 e. The third kappa shape index (κ3) is 6.16. The number of rotatable bonds is 8. The van der Waals surface area contributed by atoms with Crippen LogP contribution in [0, 0.1) is 0 Å². The van der Waals surface area contributed by atoms with E-state index in [1.807, 2.05) is 18.2 Å². The number of para-hydroxylation sites is 2. The van der Waals surface area contributed by atoms with Gasteiger partial charge in [0.15, 0.2) is 6.61 Å². The predicted molar refractivity (Wildman–Crippen MR) is 117 cm³/mol. The Bertz CT molecular complexity index is 827. The Morgan fingerprint density at radius 3 is 2.55 bits per heavy atom. The number of carbonyl (C=O) groups excluding carboxylic acids is 1. The predicted octanol–water partition coefficient (Wildman–Crippen LogP) is 3.32. The molecule has 1 saturated heterocycles. The van der Waals surface area contributed by atoms with Crippen LogP contribution in [-0.4, -0.2) is 63.8 Å². The molecule has 8 heteroatoms. The zero-order valence-electron chi connectivity index (χ0n) is 16.4. The molecule has 6 nitrogen and oxygen atoms in total. The number of anilines is 1. The van der Waals surface area contributed by atoms with Crippen molar-refractivity contribution < 1.29 is 14.3 Å². The minimum atomic E-state index is -0.177. The van der Waals surface area contributed by atoms with E-state index in [4.69, 9.17) is 32.7 Å². The fraction of sp³-hybridized carbons (Fsp3) is 0.381. The van der Waals surface area contributed by atoms with Gasteiger partial charge in [-0.2, -0.15) is 0 Å². The average Bonchev–Trinajstić information content (AvgIpc) is 2.73. The maximum absolute atomic E-state index is 12.0. The number of amides is 1. The zero-order valence-corrected chi connectivity index (χ0v) is 17.9. The van der Waals surface area contributed by atoms with Gasteiger partial charge in [-0.15, -0.1) is 0 Å². The van der Waals surface area contributed by atoms with Crippen molar-refractivity contribution in [1.82, 2.24) is 10.2 Å². The normalized spacial score (nSPS) is 14.5. The van der Waals surface area contributed by atoms with Crippen molar-refractivity contribution in [3.63, 3.8) is 0 Å².